The first-order chi connectivity index (χ1) is 9.28. The fourth-order valence-corrected chi connectivity index (χ4v) is 2.52. The van der Waals surface area contributed by atoms with Crippen LogP contribution in [0.4, 0.5) is 0 Å². The van der Waals surface area contributed by atoms with Crippen molar-refractivity contribution >= 4 is 5.91 Å². The first kappa shape index (κ1) is 14.1. The van der Waals surface area contributed by atoms with Crippen molar-refractivity contribution in [1.82, 2.24) is 10.2 Å². The Morgan fingerprint density at radius 2 is 2.53 bits per heavy atom. The van der Waals surface area contributed by atoms with Gasteiger partial charge in [-0.1, -0.05) is 0 Å². The van der Waals surface area contributed by atoms with Gasteiger partial charge in [0, 0.05) is 13.7 Å². The molecule has 0 aliphatic carbocycles. The third kappa shape index (κ3) is 4.69. The minimum atomic E-state index is 0.0504. The highest BCUT2D eigenvalue weighted by Crippen LogP contribution is 2.16. The zero-order valence-electron chi connectivity index (χ0n) is 11.4. The number of rotatable bonds is 6. The highest BCUT2D eigenvalue weighted by atomic mass is 16.5. The molecule has 0 unspecified atom stereocenters. The highest BCUT2D eigenvalue weighted by molar-refractivity contribution is 5.77. The molecule has 0 bridgehead atoms. The van der Waals surface area contributed by atoms with Crippen LogP contribution in [-0.4, -0.2) is 44.2 Å². The number of nitrogens with one attached hydrogen (secondary N) is 1. The Kier molecular flexibility index (Phi) is 5.42. The van der Waals surface area contributed by atoms with Crippen LogP contribution in [0.1, 0.15) is 18.6 Å². The maximum Gasteiger partial charge on any atom is 0.234 e. The van der Waals surface area contributed by atoms with Crippen LogP contribution in [0.2, 0.25) is 0 Å². The number of hydrogen-bond donors (Lipinski definition) is 1. The topological polar surface area (TPSA) is 54.7 Å². The van der Waals surface area contributed by atoms with E-state index in [0.29, 0.717) is 19.0 Å². The largest absolute Gasteiger partial charge is 0.467 e. The van der Waals surface area contributed by atoms with Crippen LogP contribution in [0, 0.1) is 5.92 Å². The number of likely N-dealkylation sites (tertiary alicyclic amines) is 1. The molecule has 19 heavy (non-hydrogen) atoms. The number of nitrogens with zero attached hydrogens (tertiary/aromatic N) is 1. The predicted molar refractivity (Wildman–Crippen MR) is 71.6 cm³/mol. The molecule has 1 saturated heterocycles. The second kappa shape index (κ2) is 7.31. The summed E-state index contributed by atoms with van der Waals surface area (Å²) < 4.78 is 10.4. The normalized spacial score (nSPS) is 20.4. The number of carbonyl (C=O) groups excluding carboxylic acids is 1. The number of ether oxygens (including phenoxy) is 1. The van der Waals surface area contributed by atoms with Gasteiger partial charge in [-0.2, -0.15) is 0 Å². The number of piperidine rings is 1. The van der Waals surface area contributed by atoms with E-state index in [4.69, 9.17) is 9.15 Å². The van der Waals surface area contributed by atoms with Crippen LogP contribution in [0.25, 0.3) is 0 Å². The van der Waals surface area contributed by atoms with Gasteiger partial charge in [0.05, 0.1) is 26.0 Å². The minimum Gasteiger partial charge on any atom is -0.467 e. The zero-order chi connectivity index (χ0) is 13.5. The average molecular weight is 266 g/mol. The molecule has 0 saturated carbocycles. The standard InChI is InChI=1S/C14H22N2O3/c1-18-11-12-4-2-6-16(9-12)10-14(17)15-8-13-5-3-7-19-13/h3,5,7,12H,2,4,6,8-11H2,1H3,(H,15,17)/t12-/m0/s1. The molecule has 0 aromatic carbocycles. The van der Waals surface area contributed by atoms with Crippen molar-refractivity contribution in [2.45, 2.75) is 19.4 Å². The molecule has 1 aliphatic heterocycles. The Balaban J connectivity index is 1.69. The molecule has 1 aromatic heterocycles. The van der Waals surface area contributed by atoms with Gasteiger partial charge in [0.25, 0.3) is 0 Å². The van der Waals surface area contributed by atoms with Crippen molar-refractivity contribution < 1.29 is 13.9 Å². The van der Waals surface area contributed by atoms with Crippen LogP contribution in [-0.2, 0) is 16.1 Å². The third-order valence-electron chi connectivity index (χ3n) is 3.41. The summed E-state index contributed by atoms with van der Waals surface area (Å²) >= 11 is 0. The molecule has 0 spiro atoms. The quantitative estimate of drug-likeness (QED) is 0.842. The van der Waals surface area contributed by atoms with Gasteiger partial charge in [-0.15, -0.1) is 0 Å². The number of hydrogen-bond acceptors (Lipinski definition) is 4. The van der Waals surface area contributed by atoms with Gasteiger partial charge in [0.15, 0.2) is 0 Å². The van der Waals surface area contributed by atoms with Crippen molar-refractivity contribution in [1.29, 1.82) is 0 Å². The van der Waals surface area contributed by atoms with E-state index in [2.05, 4.69) is 10.2 Å². The summed E-state index contributed by atoms with van der Waals surface area (Å²) in [7, 11) is 1.73. The second-order valence-corrected chi connectivity index (χ2v) is 5.05. The van der Waals surface area contributed by atoms with Gasteiger partial charge in [0.2, 0.25) is 5.91 Å². The molecular weight excluding hydrogens is 244 g/mol. The van der Waals surface area contributed by atoms with Gasteiger partial charge in [-0.25, -0.2) is 0 Å². The Bertz CT molecular complexity index is 376. The van der Waals surface area contributed by atoms with Crippen LogP contribution in [0.3, 0.4) is 0 Å². The molecule has 2 rings (SSSR count). The lowest BCUT2D eigenvalue weighted by atomic mass is 9.99. The molecule has 2 heterocycles. The van der Waals surface area contributed by atoms with Crippen LogP contribution in [0.5, 0.6) is 0 Å². The SMILES string of the molecule is COC[C@H]1CCCN(CC(=O)NCc2ccco2)C1. The molecule has 1 aliphatic rings. The van der Waals surface area contributed by atoms with Crippen molar-refractivity contribution in [3.8, 4) is 0 Å². The maximum absolute atomic E-state index is 11.8. The van der Waals surface area contributed by atoms with Gasteiger partial charge < -0.3 is 14.5 Å². The Morgan fingerprint density at radius 3 is 3.26 bits per heavy atom. The van der Waals surface area contributed by atoms with E-state index in [9.17, 15) is 4.79 Å². The van der Waals surface area contributed by atoms with Crippen molar-refractivity contribution in [3.63, 3.8) is 0 Å². The average Bonchev–Trinajstić information content (AvgIpc) is 2.90. The lowest BCUT2D eigenvalue weighted by Gasteiger charge is -2.31. The summed E-state index contributed by atoms with van der Waals surface area (Å²) in [4.78, 5) is 14.0. The molecule has 1 amide bonds. The Morgan fingerprint density at radius 1 is 1.63 bits per heavy atom. The van der Waals surface area contributed by atoms with Crippen molar-refractivity contribution in [2.24, 2.45) is 5.92 Å². The van der Waals surface area contributed by atoms with Crippen LogP contribution < -0.4 is 5.32 Å². The van der Waals surface area contributed by atoms with Crippen molar-refractivity contribution in [2.75, 3.05) is 33.4 Å². The lowest BCUT2D eigenvalue weighted by molar-refractivity contribution is -0.123. The van der Waals surface area contributed by atoms with E-state index in [-0.39, 0.29) is 5.91 Å². The van der Waals surface area contributed by atoms with E-state index in [1.807, 2.05) is 12.1 Å². The summed E-state index contributed by atoms with van der Waals surface area (Å²) in [5, 5.41) is 2.87. The summed E-state index contributed by atoms with van der Waals surface area (Å²) in [6, 6.07) is 3.68. The molecular formula is C14H22N2O3. The first-order valence-corrected chi connectivity index (χ1v) is 6.78. The van der Waals surface area contributed by atoms with Gasteiger partial charge in [-0.05, 0) is 37.4 Å². The monoisotopic (exact) mass is 266 g/mol. The van der Waals surface area contributed by atoms with Crippen LogP contribution >= 0.6 is 0 Å². The Labute approximate surface area is 113 Å². The summed E-state index contributed by atoms with van der Waals surface area (Å²) in [6.07, 6.45) is 3.94. The van der Waals surface area contributed by atoms with Gasteiger partial charge in [-0.3, -0.25) is 9.69 Å². The molecule has 106 valence electrons. The Hall–Kier alpha value is -1.33. The molecule has 1 aromatic rings. The molecule has 1 fully saturated rings. The van der Waals surface area contributed by atoms with E-state index in [1.165, 1.54) is 6.42 Å². The molecule has 1 N–H and O–H groups in total. The van der Waals surface area contributed by atoms with Gasteiger partial charge in [0.1, 0.15) is 5.76 Å². The summed E-state index contributed by atoms with van der Waals surface area (Å²) in [6.45, 7) is 3.64. The third-order valence-corrected chi connectivity index (χ3v) is 3.41. The first-order valence-electron chi connectivity index (χ1n) is 6.78. The highest BCUT2D eigenvalue weighted by Gasteiger charge is 2.21. The number of furan rings is 1. The van der Waals surface area contributed by atoms with E-state index in [0.717, 1.165) is 31.9 Å². The molecule has 5 nitrogen and oxygen atoms in total. The minimum absolute atomic E-state index is 0.0504. The van der Waals surface area contributed by atoms with Gasteiger partial charge >= 0.3 is 0 Å². The summed E-state index contributed by atoms with van der Waals surface area (Å²) in [5.41, 5.74) is 0. The maximum atomic E-state index is 11.8. The van der Waals surface area contributed by atoms with E-state index in [1.54, 1.807) is 13.4 Å². The fraction of sp³-hybridized carbons (Fsp3) is 0.643. The van der Waals surface area contributed by atoms with Crippen LogP contribution in [0.15, 0.2) is 22.8 Å². The predicted octanol–water partition coefficient (Wildman–Crippen LogP) is 1.25. The number of carbonyl (C=O) groups is 1. The smallest absolute Gasteiger partial charge is 0.234 e. The number of methoxy groups -OCH3 is 1. The fourth-order valence-electron chi connectivity index (χ4n) is 2.52. The second-order valence-electron chi connectivity index (χ2n) is 5.05. The van der Waals surface area contributed by atoms with E-state index >= 15 is 0 Å². The molecule has 5 heteroatoms. The van der Waals surface area contributed by atoms with Crippen molar-refractivity contribution in [3.05, 3.63) is 24.2 Å². The lowest BCUT2D eigenvalue weighted by Crippen LogP contribution is -2.43. The zero-order valence-corrected chi connectivity index (χ0v) is 11.4. The molecule has 0 radical (unpaired) electrons. The van der Waals surface area contributed by atoms with E-state index < -0.39 is 0 Å². The summed E-state index contributed by atoms with van der Waals surface area (Å²) in [5.74, 6) is 1.38. The molecule has 1 atom stereocenters. The number of amides is 1.